The molecule has 20 heavy (non-hydrogen) atoms. The van der Waals surface area contributed by atoms with Crippen LogP contribution >= 0.6 is 0 Å². The molecule has 3 rings (SSSR count). The van der Waals surface area contributed by atoms with E-state index >= 15 is 0 Å². The third kappa shape index (κ3) is 2.50. The molecule has 3 heteroatoms. The van der Waals surface area contributed by atoms with Crippen LogP contribution in [0.3, 0.4) is 0 Å². The summed E-state index contributed by atoms with van der Waals surface area (Å²) in [6, 6.07) is 9.22. The smallest absolute Gasteiger partial charge is 0.0537 e. The van der Waals surface area contributed by atoms with Crippen LogP contribution in [0.2, 0.25) is 0 Å². The minimum Gasteiger partial charge on any atom is -0.313 e. The maximum atomic E-state index is 4.47. The monoisotopic (exact) mass is 269 g/mol. The fourth-order valence-electron chi connectivity index (χ4n) is 3.39. The van der Waals surface area contributed by atoms with Crippen LogP contribution < -0.4 is 5.32 Å². The average Bonchev–Trinajstić information content (AvgIpc) is 3.07. The molecule has 1 aliphatic carbocycles. The van der Waals surface area contributed by atoms with Gasteiger partial charge in [0.2, 0.25) is 0 Å². The van der Waals surface area contributed by atoms with Crippen molar-refractivity contribution in [2.75, 3.05) is 7.05 Å². The van der Waals surface area contributed by atoms with E-state index in [1.54, 1.807) is 0 Å². The van der Waals surface area contributed by atoms with Crippen molar-refractivity contribution in [1.82, 2.24) is 15.1 Å². The number of hydrogen-bond acceptors (Lipinski definition) is 2. The third-order valence-corrected chi connectivity index (χ3v) is 4.33. The van der Waals surface area contributed by atoms with Crippen LogP contribution in [-0.4, -0.2) is 16.8 Å². The predicted molar refractivity (Wildman–Crippen MR) is 81.7 cm³/mol. The van der Waals surface area contributed by atoms with Crippen LogP contribution in [0, 0.1) is 5.92 Å². The highest BCUT2D eigenvalue weighted by atomic mass is 15.3. The highest BCUT2D eigenvalue weighted by Gasteiger charge is 2.29. The SMILES string of the molecule is CCCn1cc(C(NC)C2Cc3ccccc3C2)cn1. The lowest BCUT2D eigenvalue weighted by molar-refractivity contribution is 0.396. The minimum absolute atomic E-state index is 0.396. The molecular formula is C17H23N3. The molecule has 0 radical (unpaired) electrons. The van der Waals surface area contributed by atoms with E-state index in [-0.39, 0.29) is 0 Å². The second-order valence-electron chi connectivity index (χ2n) is 5.74. The number of nitrogens with zero attached hydrogens (tertiary/aromatic N) is 2. The van der Waals surface area contributed by atoms with Gasteiger partial charge < -0.3 is 5.32 Å². The van der Waals surface area contributed by atoms with E-state index < -0.39 is 0 Å². The molecule has 1 aliphatic rings. The lowest BCUT2D eigenvalue weighted by Gasteiger charge is -2.21. The molecular weight excluding hydrogens is 246 g/mol. The summed E-state index contributed by atoms with van der Waals surface area (Å²) < 4.78 is 2.06. The number of aryl methyl sites for hydroxylation is 1. The molecule has 0 bridgehead atoms. The van der Waals surface area contributed by atoms with Gasteiger partial charge in [0.15, 0.2) is 0 Å². The first-order valence-corrected chi connectivity index (χ1v) is 7.58. The summed E-state index contributed by atoms with van der Waals surface area (Å²) in [6.45, 7) is 3.19. The fourth-order valence-corrected chi connectivity index (χ4v) is 3.39. The van der Waals surface area contributed by atoms with Crippen molar-refractivity contribution < 1.29 is 0 Å². The van der Waals surface area contributed by atoms with Crippen molar-refractivity contribution in [3.63, 3.8) is 0 Å². The Labute approximate surface area is 121 Å². The summed E-state index contributed by atoms with van der Waals surface area (Å²) >= 11 is 0. The van der Waals surface area contributed by atoms with Gasteiger partial charge >= 0.3 is 0 Å². The number of benzene rings is 1. The molecule has 0 aliphatic heterocycles. The summed E-state index contributed by atoms with van der Waals surface area (Å²) in [4.78, 5) is 0. The predicted octanol–water partition coefficient (Wildman–Crippen LogP) is 2.97. The molecule has 1 unspecified atom stereocenters. The molecule has 1 N–H and O–H groups in total. The maximum absolute atomic E-state index is 4.47. The first-order valence-electron chi connectivity index (χ1n) is 7.58. The normalized spacial score (nSPS) is 16.3. The molecule has 1 atom stereocenters. The van der Waals surface area contributed by atoms with Gasteiger partial charge in [0.25, 0.3) is 0 Å². The van der Waals surface area contributed by atoms with Gasteiger partial charge in [0.1, 0.15) is 0 Å². The summed E-state index contributed by atoms with van der Waals surface area (Å²) in [6.07, 6.45) is 7.69. The summed E-state index contributed by atoms with van der Waals surface area (Å²) in [5, 5.41) is 7.97. The molecule has 0 spiro atoms. The molecule has 0 saturated carbocycles. The van der Waals surface area contributed by atoms with Gasteiger partial charge in [-0.05, 0) is 43.4 Å². The Morgan fingerprint density at radius 1 is 1.30 bits per heavy atom. The minimum atomic E-state index is 0.396. The second kappa shape index (κ2) is 5.80. The third-order valence-electron chi connectivity index (χ3n) is 4.33. The van der Waals surface area contributed by atoms with Gasteiger partial charge in [0.05, 0.1) is 6.20 Å². The van der Waals surface area contributed by atoms with Crippen molar-refractivity contribution in [2.24, 2.45) is 5.92 Å². The van der Waals surface area contributed by atoms with Crippen molar-refractivity contribution >= 4 is 0 Å². The average molecular weight is 269 g/mol. The number of rotatable bonds is 5. The van der Waals surface area contributed by atoms with Crippen LogP contribution in [0.1, 0.15) is 36.1 Å². The van der Waals surface area contributed by atoms with Crippen LogP contribution in [0.25, 0.3) is 0 Å². The van der Waals surface area contributed by atoms with E-state index in [0.717, 1.165) is 13.0 Å². The van der Waals surface area contributed by atoms with Crippen LogP contribution in [0.15, 0.2) is 36.7 Å². The Kier molecular flexibility index (Phi) is 3.88. The van der Waals surface area contributed by atoms with Crippen LogP contribution in [-0.2, 0) is 19.4 Å². The van der Waals surface area contributed by atoms with E-state index in [0.29, 0.717) is 12.0 Å². The van der Waals surface area contributed by atoms with E-state index in [1.165, 1.54) is 29.5 Å². The molecule has 0 amide bonds. The molecule has 0 fully saturated rings. The number of aromatic nitrogens is 2. The zero-order valence-electron chi connectivity index (χ0n) is 12.3. The lowest BCUT2D eigenvalue weighted by Crippen LogP contribution is -2.25. The van der Waals surface area contributed by atoms with E-state index in [4.69, 9.17) is 0 Å². The van der Waals surface area contributed by atoms with Gasteiger partial charge in [0, 0.05) is 24.3 Å². The molecule has 1 aromatic carbocycles. The molecule has 3 nitrogen and oxygen atoms in total. The Morgan fingerprint density at radius 2 is 2.00 bits per heavy atom. The Morgan fingerprint density at radius 3 is 2.60 bits per heavy atom. The highest BCUT2D eigenvalue weighted by Crippen LogP contribution is 2.34. The Balaban J connectivity index is 1.77. The Hall–Kier alpha value is -1.61. The van der Waals surface area contributed by atoms with E-state index in [1.807, 2.05) is 6.20 Å². The topological polar surface area (TPSA) is 29.9 Å². The lowest BCUT2D eigenvalue weighted by atomic mass is 9.92. The van der Waals surface area contributed by atoms with Gasteiger partial charge in [-0.1, -0.05) is 31.2 Å². The van der Waals surface area contributed by atoms with Crippen LogP contribution in [0.4, 0.5) is 0 Å². The van der Waals surface area contributed by atoms with Gasteiger partial charge in [-0.2, -0.15) is 5.10 Å². The zero-order chi connectivity index (χ0) is 13.9. The number of fused-ring (bicyclic) bond motifs is 1. The molecule has 1 heterocycles. The summed E-state index contributed by atoms with van der Waals surface area (Å²) in [5.74, 6) is 0.636. The number of nitrogens with one attached hydrogen (secondary N) is 1. The summed E-state index contributed by atoms with van der Waals surface area (Å²) in [5.41, 5.74) is 4.34. The van der Waals surface area contributed by atoms with Crippen molar-refractivity contribution in [3.05, 3.63) is 53.3 Å². The Bertz CT molecular complexity index is 548. The first kappa shape index (κ1) is 13.4. The van der Waals surface area contributed by atoms with Crippen molar-refractivity contribution in [3.8, 4) is 0 Å². The van der Waals surface area contributed by atoms with Crippen molar-refractivity contribution in [2.45, 2.75) is 38.8 Å². The van der Waals surface area contributed by atoms with Crippen LogP contribution in [0.5, 0.6) is 0 Å². The quantitative estimate of drug-likeness (QED) is 0.904. The standard InChI is InChI=1S/C17H23N3/c1-3-8-20-12-16(11-19-20)17(18-2)15-9-13-6-4-5-7-14(13)10-15/h4-7,11-12,15,17-18H,3,8-10H2,1-2H3. The highest BCUT2D eigenvalue weighted by molar-refractivity contribution is 5.33. The molecule has 106 valence electrons. The van der Waals surface area contributed by atoms with E-state index in [2.05, 4.69) is 59.5 Å². The molecule has 1 aromatic heterocycles. The number of hydrogen-bond donors (Lipinski definition) is 1. The fraction of sp³-hybridized carbons (Fsp3) is 0.471. The first-order chi connectivity index (χ1) is 9.81. The zero-order valence-corrected chi connectivity index (χ0v) is 12.3. The molecule has 2 aromatic rings. The second-order valence-corrected chi connectivity index (χ2v) is 5.74. The van der Waals surface area contributed by atoms with Crippen molar-refractivity contribution in [1.29, 1.82) is 0 Å². The largest absolute Gasteiger partial charge is 0.313 e. The summed E-state index contributed by atoms with van der Waals surface area (Å²) in [7, 11) is 2.06. The van der Waals surface area contributed by atoms with E-state index in [9.17, 15) is 0 Å². The van der Waals surface area contributed by atoms with Gasteiger partial charge in [-0.25, -0.2) is 0 Å². The maximum Gasteiger partial charge on any atom is 0.0537 e. The van der Waals surface area contributed by atoms with Gasteiger partial charge in [-0.15, -0.1) is 0 Å². The van der Waals surface area contributed by atoms with Gasteiger partial charge in [-0.3, -0.25) is 4.68 Å². The molecule has 0 saturated heterocycles.